The summed E-state index contributed by atoms with van der Waals surface area (Å²) in [7, 11) is 1.58. The number of nitrogens with two attached hydrogens (primary N) is 1. The van der Waals surface area contributed by atoms with E-state index in [4.69, 9.17) is 10.5 Å². The minimum atomic E-state index is -0.653. The van der Waals surface area contributed by atoms with Crippen LogP contribution in [0.5, 0.6) is 5.75 Å². The van der Waals surface area contributed by atoms with Gasteiger partial charge in [0.1, 0.15) is 17.4 Å². The van der Waals surface area contributed by atoms with Gasteiger partial charge < -0.3 is 25.6 Å². The van der Waals surface area contributed by atoms with Crippen molar-refractivity contribution in [3.8, 4) is 5.75 Å². The molecule has 0 saturated carbocycles. The quantitative estimate of drug-likeness (QED) is 0.260. The Morgan fingerprint density at radius 1 is 0.707 bits per heavy atom. The molecule has 0 aromatic heterocycles. The minimum Gasteiger partial charge on any atom is -0.497 e. The van der Waals surface area contributed by atoms with Crippen LogP contribution < -0.4 is 15.8 Å². The summed E-state index contributed by atoms with van der Waals surface area (Å²) in [5.41, 5.74) is 8.11. The van der Waals surface area contributed by atoms with Crippen molar-refractivity contribution in [2.75, 3.05) is 46.4 Å². The zero-order chi connectivity index (χ0) is 29.6. The second kappa shape index (κ2) is 16.1. The molecule has 3 amide bonds. The van der Waals surface area contributed by atoms with Gasteiger partial charge in [0.2, 0.25) is 17.7 Å². The molecule has 0 unspecified atom stereocenters. The molecule has 3 rings (SSSR count). The Hall–Kier alpha value is -4.31. The lowest BCUT2D eigenvalue weighted by Crippen LogP contribution is -2.48. The van der Waals surface area contributed by atoms with E-state index in [1.807, 2.05) is 24.3 Å². The van der Waals surface area contributed by atoms with Crippen LogP contribution in [-0.2, 0) is 33.6 Å². The zero-order valence-corrected chi connectivity index (χ0v) is 23.2. The Balaban J connectivity index is 1.63. The van der Waals surface area contributed by atoms with Gasteiger partial charge in [-0.1, -0.05) is 36.4 Å². The van der Waals surface area contributed by atoms with Gasteiger partial charge in [-0.05, 0) is 78.9 Å². The van der Waals surface area contributed by atoms with E-state index in [1.165, 1.54) is 34.1 Å². The van der Waals surface area contributed by atoms with Crippen LogP contribution in [-0.4, -0.2) is 73.9 Å². The molecule has 0 radical (unpaired) electrons. The molecule has 0 saturated heterocycles. The number of carbonyl (C=O) groups excluding carboxylic acids is 3. The molecular weight excluding hydrogens is 530 g/mol. The minimum absolute atomic E-state index is 0.0143. The van der Waals surface area contributed by atoms with Crippen molar-refractivity contribution in [2.45, 2.75) is 19.3 Å². The predicted molar refractivity (Wildman–Crippen MR) is 152 cm³/mol. The molecule has 0 aliphatic rings. The van der Waals surface area contributed by atoms with Crippen LogP contribution in [0.4, 0.5) is 8.78 Å². The summed E-state index contributed by atoms with van der Waals surface area (Å²) in [6, 6.07) is 19.5. The van der Waals surface area contributed by atoms with E-state index in [0.29, 0.717) is 31.6 Å². The summed E-state index contributed by atoms with van der Waals surface area (Å²) in [5.74, 6) is -1.32. The highest BCUT2D eigenvalue weighted by Crippen LogP contribution is 2.12. The maximum atomic E-state index is 13.3. The van der Waals surface area contributed by atoms with Crippen LogP contribution in [0.1, 0.15) is 16.7 Å². The van der Waals surface area contributed by atoms with E-state index in [0.717, 1.165) is 16.7 Å². The number of benzene rings is 3. The molecule has 0 bridgehead atoms. The summed E-state index contributed by atoms with van der Waals surface area (Å²) in [6.45, 7) is 0.412. The standard InChI is InChI=1S/C31H36F2N4O4/c1-41-28-12-6-25(7-13-28)15-18-36(21-29(34)38)31(40)22-37(19-16-24-4-10-27(33)11-5-24)30(39)20-35-17-14-23-2-8-26(32)9-3-23/h2-13,35H,14-22H2,1H3,(H2,34,38). The topological polar surface area (TPSA) is 105 Å². The van der Waals surface area contributed by atoms with E-state index >= 15 is 0 Å². The summed E-state index contributed by atoms with van der Waals surface area (Å²) in [4.78, 5) is 41.0. The van der Waals surface area contributed by atoms with E-state index in [1.54, 1.807) is 31.4 Å². The lowest BCUT2D eigenvalue weighted by Gasteiger charge is -2.27. The van der Waals surface area contributed by atoms with Crippen molar-refractivity contribution >= 4 is 17.7 Å². The number of rotatable bonds is 16. The van der Waals surface area contributed by atoms with Crippen molar-refractivity contribution in [3.63, 3.8) is 0 Å². The molecule has 3 N–H and O–H groups in total. The van der Waals surface area contributed by atoms with Crippen LogP contribution in [0, 0.1) is 11.6 Å². The Labute approximate surface area is 239 Å². The van der Waals surface area contributed by atoms with Crippen LogP contribution >= 0.6 is 0 Å². The van der Waals surface area contributed by atoms with Crippen molar-refractivity contribution in [3.05, 3.63) is 101 Å². The van der Waals surface area contributed by atoms with E-state index in [9.17, 15) is 23.2 Å². The Kier molecular flexibility index (Phi) is 12.2. The molecule has 0 atom stereocenters. The second-order valence-electron chi connectivity index (χ2n) is 9.62. The second-order valence-corrected chi connectivity index (χ2v) is 9.62. The van der Waals surface area contributed by atoms with Gasteiger partial charge >= 0.3 is 0 Å². The molecule has 0 spiro atoms. The first kappa shape index (κ1) is 31.2. The molecule has 3 aromatic carbocycles. The van der Waals surface area contributed by atoms with Crippen molar-refractivity contribution in [2.24, 2.45) is 5.73 Å². The van der Waals surface area contributed by atoms with Crippen LogP contribution in [0.2, 0.25) is 0 Å². The highest BCUT2D eigenvalue weighted by molar-refractivity contribution is 5.88. The Bertz CT molecular complexity index is 1270. The van der Waals surface area contributed by atoms with Gasteiger partial charge in [-0.3, -0.25) is 14.4 Å². The third-order valence-electron chi connectivity index (χ3n) is 6.57. The normalized spacial score (nSPS) is 10.7. The lowest BCUT2D eigenvalue weighted by atomic mass is 10.1. The van der Waals surface area contributed by atoms with E-state index < -0.39 is 11.8 Å². The maximum Gasteiger partial charge on any atom is 0.242 e. The number of hydrogen-bond donors (Lipinski definition) is 2. The fourth-order valence-electron chi connectivity index (χ4n) is 4.20. The molecule has 41 heavy (non-hydrogen) atoms. The van der Waals surface area contributed by atoms with E-state index in [-0.39, 0.29) is 50.3 Å². The molecule has 10 heteroatoms. The number of hydrogen-bond acceptors (Lipinski definition) is 5. The van der Waals surface area contributed by atoms with Gasteiger partial charge in [0.05, 0.1) is 26.7 Å². The molecule has 0 heterocycles. The van der Waals surface area contributed by atoms with Crippen molar-refractivity contribution in [1.29, 1.82) is 0 Å². The number of ether oxygens (including phenoxy) is 1. The summed E-state index contributed by atoms with van der Waals surface area (Å²) >= 11 is 0. The number of nitrogens with one attached hydrogen (secondary N) is 1. The average Bonchev–Trinajstić information content (AvgIpc) is 2.97. The Morgan fingerprint density at radius 3 is 1.66 bits per heavy atom. The summed E-state index contributed by atoms with van der Waals surface area (Å²) in [6.07, 6.45) is 1.49. The van der Waals surface area contributed by atoms with Gasteiger partial charge in [0.15, 0.2) is 0 Å². The van der Waals surface area contributed by atoms with Gasteiger partial charge in [0, 0.05) is 13.1 Å². The molecular formula is C31H36F2N4O4. The molecule has 8 nitrogen and oxygen atoms in total. The highest BCUT2D eigenvalue weighted by Gasteiger charge is 2.22. The molecule has 218 valence electrons. The number of amides is 3. The summed E-state index contributed by atoms with van der Waals surface area (Å²) in [5, 5.41) is 3.08. The Morgan fingerprint density at radius 2 is 1.17 bits per heavy atom. The first-order valence-corrected chi connectivity index (χ1v) is 13.4. The number of halogens is 2. The predicted octanol–water partition coefficient (Wildman–Crippen LogP) is 2.73. The zero-order valence-electron chi connectivity index (χ0n) is 23.2. The largest absolute Gasteiger partial charge is 0.497 e. The fourth-order valence-corrected chi connectivity index (χ4v) is 4.20. The third-order valence-corrected chi connectivity index (χ3v) is 6.57. The molecule has 0 aliphatic carbocycles. The van der Waals surface area contributed by atoms with Gasteiger partial charge in [-0.2, -0.15) is 0 Å². The van der Waals surface area contributed by atoms with E-state index in [2.05, 4.69) is 5.32 Å². The van der Waals surface area contributed by atoms with Gasteiger partial charge in [-0.25, -0.2) is 8.78 Å². The fraction of sp³-hybridized carbons (Fsp3) is 0.323. The SMILES string of the molecule is COc1ccc(CCN(CC(N)=O)C(=O)CN(CCc2ccc(F)cc2)C(=O)CNCCc2ccc(F)cc2)cc1. The van der Waals surface area contributed by atoms with Crippen LogP contribution in [0.3, 0.4) is 0 Å². The molecule has 3 aromatic rings. The lowest BCUT2D eigenvalue weighted by molar-refractivity contribution is -0.141. The highest BCUT2D eigenvalue weighted by atomic mass is 19.1. The van der Waals surface area contributed by atoms with Crippen LogP contribution in [0.25, 0.3) is 0 Å². The van der Waals surface area contributed by atoms with Crippen molar-refractivity contribution in [1.82, 2.24) is 15.1 Å². The first-order chi connectivity index (χ1) is 19.7. The van der Waals surface area contributed by atoms with Crippen LogP contribution in [0.15, 0.2) is 72.8 Å². The first-order valence-electron chi connectivity index (χ1n) is 13.4. The number of methoxy groups -OCH3 is 1. The van der Waals surface area contributed by atoms with Gasteiger partial charge in [0.25, 0.3) is 0 Å². The maximum absolute atomic E-state index is 13.3. The number of nitrogens with zero attached hydrogens (tertiary/aromatic N) is 2. The van der Waals surface area contributed by atoms with Crippen molar-refractivity contribution < 1.29 is 27.9 Å². The summed E-state index contributed by atoms with van der Waals surface area (Å²) < 4.78 is 31.6. The third kappa shape index (κ3) is 11.0. The number of carbonyl (C=O) groups is 3. The monoisotopic (exact) mass is 566 g/mol. The number of primary amides is 1. The van der Waals surface area contributed by atoms with Gasteiger partial charge in [-0.15, -0.1) is 0 Å². The molecule has 0 fully saturated rings. The average molecular weight is 567 g/mol. The smallest absolute Gasteiger partial charge is 0.242 e. The molecule has 0 aliphatic heterocycles.